The topological polar surface area (TPSA) is 57.0 Å². The fourth-order valence-corrected chi connectivity index (χ4v) is 2.76. The molecule has 1 aromatic carbocycles. The average molecular weight is 280 g/mol. The number of morpholine rings is 1. The van der Waals surface area contributed by atoms with E-state index in [4.69, 9.17) is 19.9 Å². The van der Waals surface area contributed by atoms with E-state index in [-0.39, 0.29) is 12.1 Å². The maximum atomic E-state index is 5.87. The SMILES string of the molecule is CCN1CCOC(CN)C1c1cc(OC)cc(OC)c1. The molecule has 1 fully saturated rings. The van der Waals surface area contributed by atoms with Crippen LogP contribution in [0.3, 0.4) is 0 Å². The summed E-state index contributed by atoms with van der Waals surface area (Å²) in [4.78, 5) is 2.38. The maximum absolute atomic E-state index is 5.87. The molecule has 1 heterocycles. The molecule has 2 rings (SSSR count). The second-order valence-corrected chi connectivity index (χ2v) is 4.86. The molecule has 0 spiro atoms. The van der Waals surface area contributed by atoms with Gasteiger partial charge in [0, 0.05) is 19.2 Å². The molecule has 0 saturated carbocycles. The Kier molecular flexibility index (Phi) is 5.23. The quantitative estimate of drug-likeness (QED) is 0.884. The van der Waals surface area contributed by atoms with Gasteiger partial charge in [-0.05, 0) is 24.2 Å². The van der Waals surface area contributed by atoms with Crippen LogP contribution in [0.2, 0.25) is 0 Å². The highest BCUT2D eigenvalue weighted by Gasteiger charge is 2.32. The number of nitrogens with zero attached hydrogens (tertiary/aromatic N) is 1. The summed E-state index contributed by atoms with van der Waals surface area (Å²) in [6.45, 7) is 5.26. The molecule has 0 radical (unpaired) electrons. The smallest absolute Gasteiger partial charge is 0.122 e. The second-order valence-electron chi connectivity index (χ2n) is 4.86. The van der Waals surface area contributed by atoms with Gasteiger partial charge in [0.25, 0.3) is 0 Å². The lowest BCUT2D eigenvalue weighted by molar-refractivity contribution is -0.0659. The third-order valence-electron chi connectivity index (χ3n) is 3.81. The van der Waals surface area contributed by atoms with E-state index in [1.807, 2.05) is 18.2 Å². The summed E-state index contributed by atoms with van der Waals surface area (Å²) in [5.41, 5.74) is 7.00. The molecule has 0 aliphatic carbocycles. The lowest BCUT2D eigenvalue weighted by atomic mass is 9.97. The molecule has 0 aromatic heterocycles. The minimum Gasteiger partial charge on any atom is -0.497 e. The average Bonchev–Trinajstić information content (AvgIpc) is 2.53. The highest BCUT2D eigenvalue weighted by molar-refractivity contribution is 5.40. The predicted molar refractivity (Wildman–Crippen MR) is 78.3 cm³/mol. The van der Waals surface area contributed by atoms with Crippen molar-refractivity contribution in [1.29, 1.82) is 0 Å². The fraction of sp³-hybridized carbons (Fsp3) is 0.600. The molecule has 2 atom stereocenters. The summed E-state index contributed by atoms with van der Waals surface area (Å²) in [5, 5.41) is 0. The van der Waals surface area contributed by atoms with E-state index in [1.54, 1.807) is 14.2 Å². The monoisotopic (exact) mass is 280 g/mol. The molecule has 2 N–H and O–H groups in total. The van der Waals surface area contributed by atoms with E-state index < -0.39 is 0 Å². The van der Waals surface area contributed by atoms with Crippen molar-refractivity contribution < 1.29 is 14.2 Å². The van der Waals surface area contributed by atoms with E-state index >= 15 is 0 Å². The molecule has 1 saturated heterocycles. The lowest BCUT2D eigenvalue weighted by Gasteiger charge is -2.40. The van der Waals surface area contributed by atoms with Gasteiger partial charge in [-0.2, -0.15) is 0 Å². The maximum Gasteiger partial charge on any atom is 0.122 e. The number of benzene rings is 1. The first-order valence-corrected chi connectivity index (χ1v) is 7.02. The molecule has 2 unspecified atom stereocenters. The molecule has 1 aliphatic heterocycles. The minimum absolute atomic E-state index is 0.000474. The van der Waals surface area contributed by atoms with E-state index in [2.05, 4.69) is 11.8 Å². The summed E-state index contributed by atoms with van der Waals surface area (Å²) in [6, 6.07) is 6.09. The number of nitrogens with two attached hydrogens (primary N) is 1. The number of rotatable bonds is 5. The van der Waals surface area contributed by atoms with Crippen LogP contribution in [0.25, 0.3) is 0 Å². The Bertz CT molecular complexity index is 405. The van der Waals surface area contributed by atoms with Crippen molar-refractivity contribution in [2.75, 3.05) is 40.5 Å². The highest BCUT2D eigenvalue weighted by Crippen LogP contribution is 2.33. The van der Waals surface area contributed by atoms with Crippen LogP contribution in [-0.2, 0) is 4.74 Å². The van der Waals surface area contributed by atoms with E-state index in [0.29, 0.717) is 6.54 Å². The van der Waals surface area contributed by atoms with Gasteiger partial charge in [0.2, 0.25) is 0 Å². The molecule has 1 aromatic rings. The molecule has 5 nitrogen and oxygen atoms in total. The molecular weight excluding hydrogens is 256 g/mol. The van der Waals surface area contributed by atoms with Gasteiger partial charge in [-0.25, -0.2) is 0 Å². The van der Waals surface area contributed by atoms with Gasteiger partial charge in [-0.15, -0.1) is 0 Å². The van der Waals surface area contributed by atoms with E-state index in [0.717, 1.165) is 36.8 Å². The van der Waals surface area contributed by atoms with Gasteiger partial charge in [0.15, 0.2) is 0 Å². The van der Waals surface area contributed by atoms with Gasteiger partial charge >= 0.3 is 0 Å². The van der Waals surface area contributed by atoms with E-state index in [9.17, 15) is 0 Å². The zero-order chi connectivity index (χ0) is 14.5. The van der Waals surface area contributed by atoms with Crippen LogP contribution in [0.4, 0.5) is 0 Å². The molecule has 0 bridgehead atoms. The van der Waals surface area contributed by atoms with Crippen LogP contribution >= 0.6 is 0 Å². The number of hydrogen-bond acceptors (Lipinski definition) is 5. The molecule has 20 heavy (non-hydrogen) atoms. The molecular formula is C15H24N2O3. The molecule has 5 heteroatoms. The Morgan fingerprint density at radius 2 is 1.90 bits per heavy atom. The number of likely N-dealkylation sites (N-methyl/N-ethyl adjacent to an activating group) is 1. The van der Waals surface area contributed by atoms with Crippen molar-refractivity contribution in [3.8, 4) is 11.5 Å². The lowest BCUT2D eigenvalue weighted by Crippen LogP contribution is -2.48. The van der Waals surface area contributed by atoms with Crippen LogP contribution in [0.5, 0.6) is 11.5 Å². The van der Waals surface area contributed by atoms with Crippen molar-refractivity contribution >= 4 is 0 Å². The normalized spacial score (nSPS) is 23.6. The first kappa shape index (κ1) is 15.1. The summed E-state index contributed by atoms with van der Waals surface area (Å²) in [6.07, 6.45) is 0.000474. The first-order valence-electron chi connectivity index (χ1n) is 7.02. The molecule has 1 aliphatic rings. The van der Waals surface area contributed by atoms with Crippen molar-refractivity contribution in [3.05, 3.63) is 23.8 Å². The van der Waals surface area contributed by atoms with Gasteiger partial charge in [0.05, 0.1) is 33.0 Å². The Hall–Kier alpha value is -1.30. The Balaban J connectivity index is 2.38. The Labute approximate surface area is 120 Å². The molecule has 0 amide bonds. The summed E-state index contributed by atoms with van der Waals surface area (Å²) in [5.74, 6) is 1.58. The summed E-state index contributed by atoms with van der Waals surface area (Å²) in [7, 11) is 3.32. The van der Waals surface area contributed by atoms with Gasteiger partial charge in [-0.1, -0.05) is 6.92 Å². The van der Waals surface area contributed by atoms with Gasteiger partial charge in [0.1, 0.15) is 11.5 Å². The van der Waals surface area contributed by atoms with E-state index in [1.165, 1.54) is 0 Å². The third kappa shape index (κ3) is 3.06. The highest BCUT2D eigenvalue weighted by atomic mass is 16.5. The number of methoxy groups -OCH3 is 2. The summed E-state index contributed by atoms with van der Waals surface area (Å²) < 4.78 is 16.5. The van der Waals surface area contributed by atoms with Crippen LogP contribution < -0.4 is 15.2 Å². The second kappa shape index (κ2) is 6.92. The van der Waals surface area contributed by atoms with Crippen molar-refractivity contribution in [1.82, 2.24) is 4.90 Å². The Morgan fingerprint density at radius 1 is 1.25 bits per heavy atom. The number of ether oxygens (including phenoxy) is 3. The minimum atomic E-state index is 0.000474. The van der Waals surface area contributed by atoms with Crippen molar-refractivity contribution in [2.24, 2.45) is 5.73 Å². The Morgan fingerprint density at radius 3 is 2.40 bits per heavy atom. The largest absolute Gasteiger partial charge is 0.497 e. The van der Waals surface area contributed by atoms with Crippen LogP contribution in [0.15, 0.2) is 18.2 Å². The summed E-state index contributed by atoms with van der Waals surface area (Å²) >= 11 is 0. The molecule has 112 valence electrons. The van der Waals surface area contributed by atoms with Crippen LogP contribution in [-0.4, -0.2) is 51.5 Å². The predicted octanol–water partition coefficient (Wildman–Crippen LogP) is 1.42. The van der Waals surface area contributed by atoms with Crippen molar-refractivity contribution in [3.63, 3.8) is 0 Å². The van der Waals surface area contributed by atoms with Gasteiger partial charge < -0.3 is 19.9 Å². The van der Waals surface area contributed by atoms with Crippen molar-refractivity contribution in [2.45, 2.75) is 19.1 Å². The van der Waals surface area contributed by atoms with Crippen LogP contribution in [0.1, 0.15) is 18.5 Å². The van der Waals surface area contributed by atoms with Crippen LogP contribution in [0, 0.1) is 0 Å². The zero-order valence-corrected chi connectivity index (χ0v) is 12.5. The fourth-order valence-electron chi connectivity index (χ4n) is 2.76. The van der Waals surface area contributed by atoms with Gasteiger partial charge in [-0.3, -0.25) is 4.90 Å². The number of hydrogen-bond donors (Lipinski definition) is 1. The third-order valence-corrected chi connectivity index (χ3v) is 3.81. The first-order chi connectivity index (χ1) is 9.73. The zero-order valence-electron chi connectivity index (χ0n) is 12.5. The standard InChI is InChI=1S/C15H24N2O3/c1-4-17-5-6-20-14(10-16)15(17)11-7-12(18-2)9-13(8-11)19-3/h7-9,14-15H,4-6,10,16H2,1-3H3.